The molecule has 0 atom stereocenters. The molecule has 0 spiro atoms. The predicted octanol–water partition coefficient (Wildman–Crippen LogP) is 2.56. The Morgan fingerprint density at radius 2 is 1.88 bits per heavy atom. The minimum atomic E-state index is 0.720. The van der Waals surface area contributed by atoms with Crippen molar-refractivity contribution in [2.45, 2.75) is 20.4 Å². The van der Waals surface area contributed by atoms with E-state index in [-0.39, 0.29) is 0 Å². The predicted molar refractivity (Wildman–Crippen MR) is 69.6 cm³/mol. The van der Waals surface area contributed by atoms with Gasteiger partial charge in [0.25, 0.3) is 0 Å². The lowest BCUT2D eigenvalue weighted by atomic mass is 10.1. The zero-order valence-electron chi connectivity index (χ0n) is 10.3. The third-order valence-corrected chi connectivity index (χ3v) is 2.50. The van der Waals surface area contributed by atoms with Crippen LogP contribution in [0.3, 0.4) is 0 Å². The third kappa shape index (κ3) is 3.11. The Labute approximate surface area is 102 Å². The molecule has 1 heterocycles. The Bertz CT molecular complexity index is 480. The van der Waals surface area contributed by atoms with Crippen molar-refractivity contribution in [2.75, 3.05) is 6.54 Å². The average Bonchev–Trinajstić information content (AvgIpc) is 2.37. The second-order valence-corrected chi connectivity index (χ2v) is 3.96. The number of hydrogen-bond acceptors (Lipinski definition) is 3. The Kier molecular flexibility index (Phi) is 3.83. The molecule has 3 nitrogen and oxygen atoms in total. The number of rotatable bonds is 4. The van der Waals surface area contributed by atoms with E-state index in [1.807, 2.05) is 31.2 Å². The standard InChI is InChI=1S/C14H17N3/c1-3-15-10-14-16-11(2)9-13(17-14)12-7-5-4-6-8-12/h4-9,15H,3,10H2,1-2H3. The van der Waals surface area contributed by atoms with E-state index in [1.54, 1.807) is 0 Å². The van der Waals surface area contributed by atoms with E-state index in [0.717, 1.165) is 35.9 Å². The molecule has 0 aliphatic carbocycles. The first-order valence-electron chi connectivity index (χ1n) is 5.90. The summed E-state index contributed by atoms with van der Waals surface area (Å²) in [5, 5.41) is 3.25. The van der Waals surface area contributed by atoms with E-state index in [4.69, 9.17) is 0 Å². The first-order chi connectivity index (χ1) is 8.29. The van der Waals surface area contributed by atoms with Gasteiger partial charge in [0.05, 0.1) is 12.2 Å². The maximum absolute atomic E-state index is 4.57. The van der Waals surface area contributed by atoms with Crippen molar-refractivity contribution in [1.29, 1.82) is 0 Å². The smallest absolute Gasteiger partial charge is 0.143 e. The van der Waals surface area contributed by atoms with Crippen LogP contribution in [0.5, 0.6) is 0 Å². The van der Waals surface area contributed by atoms with Crippen LogP contribution in [0.25, 0.3) is 11.3 Å². The Morgan fingerprint density at radius 3 is 2.59 bits per heavy atom. The van der Waals surface area contributed by atoms with Gasteiger partial charge in [0.1, 0.15) is 5.82 Å². The van der Waals surface area contributed by atoms with Crippen molar-refractivity contribution < 1.29 is 0 Å². The summed E-state index contributed by atoms with van der Waals surface area (Å²) in [7, 11) is 0. The lowest BCUT2D eigenvalue weighted by Gasteiger charge is -2.06. The molecule has 0 saturated carbocycles. The van der Waals surface area contributed by atoms with Crippen LogP contribution in [0.15, 0.2) is 36.4 Å². The topological polar surface area (TPSA) is 37.8 Å². The fraction of sp³-hybridized carbons (Fsp3) is 0.286. The van der Waals surface area contributed by atoms with Gasteiger partial charge < -0.3 is 5.32 Å². The van der Waals surface area contributed by atoms with Crippen LogP contribution in [0.1, 0.15) is 18.4 Å². The number of nitrogens with one attached hydrogen (secondary N) is 1. The zero-order valence-corrected chi connectivity index (χ0v) is 10.3. The molecule has 0 saturated heterocycles. The highest BCUT2D eigenvalue weighted by atomic mass is 15.0. The van der Waals surface area contributed by atoms with E-state index in [9.17, 15) is 0 Å². The van der Waals surface area contributed by atoms with E-state index in [1.165, 1.54) is 0 Å². The fourth-order valence-electron chi connectivity index (χ4n) is 1.70. The molecule has 1 aromatic heterocycles. The average molecular weight is 227 g/mol. The summed E-state index contributed by atoms with van der Waals surface area (Å²) in [6, 6.07) is 12.2. The second-order valence-electron chi connectivity index (χ2n) is 3.96. The van der Waals surface area contributed by atoms with Crippen LogP contribution in [-0.4, -0.2) is 16.5 Å². The first-order valence-corrected chi connectivity index (χ1v) is 5.90. The Morgan fingerprint density at radius 1 is 1.12 bits per heavy atom. The highest BCUT2D eigenvalue weighted by molar-refractivity contribution is 5.58. The summed E-state index contributed by atoms with van der Waals surface area (Å²) in [5.74, 6) is 0.853. The van der Waals surface area contributed by atoms with Gasteiger partial charge in [-0.15, -0.1) is 0 Å². The number of aryl methyl sites for hydroxylation is 1. The molecule has 2 rings (SSSR count). The number of hydrogen-bond donors (Lipinski definition) is 1. The molecule has 2 aromatic rings. The lowest BCUT2D eigenvalue weighted by Crippen LogP contribution is -2.15. The molecule has 1 aromatic carbocycles. The molecule has 0 unspecified atom stereocenters. The van der Waals surface area contributed by atoms with Crippen molar-refractivity contribution in [3.8, 4) is 11.3 Å². The van der Waals surface area contributed by atoms with Crippen LogP contribution in [0.4, 0.5) is 0 Å². The highest BCUT2D eigenvalue weighted by Gasteiger charge is 2.03. The van der Waals surface area contributed by atoms with Gasteiger partial charge in [0, 0.05) is 11.3 Å². The fourth-order valence-corrected chi connectivity index (χ4v) is 1.70. The second kappa shape index (κ2) is 5.55. The molecular weight excluding hydrogens is 210 g/mol. The molecular formula is C14H17N3. The maximum Gasteiger partial charge on any atom is 0.143 e. The van der Waals surface area contributed by atoms with E-state index < -0.39 is 0 Å². The van der Waals surface area contributed by atoms with Gasteiger partial charge in [-0.05, 0) is 19.5 Å². The van der Waals surface area contributed by atoms with Crippen LogP contribution >= 0.6 is 0 Å². The highest BCUT2D eigenvalue weighted by Crippen LogP contribution is 2.16. The molecule has 0 amide bonds. The van der Waals surface area contributed by atoms with Crippen LogP contribution in [-0.2, 0) is 6.54 Å². The lowest BCUT2D eigenvalue weighted by molar-refractivity contribution is 0.688. The van der Waals surface area contributed by atoms with E-state index in [0.29, 0.717) is 0 Å². The van der Waals surface area contributed by atoms with Crippen molar-refractivity contribution in [1.82, 2.24) is 15.3 Å². The van der Waals surface area contributed by atoms with Gasteiger partial charge >= 0.3 is 0 Å². The van der Waals surface area contributed by atoms with Crippen LogP contribution < -0.4 is 5.32 Å². The zero-order chi connectivity index (χ0) is 12.1. The summed E-state index contributed by atoms with van der Waals surface area (Å²) in [6.07, 6.45) is 0. The first kappa shape index (κ1) is 11.7. The molecule has 0 aliphatic heterocycles. The molecule has 0 fully saturated rings. The number of benzene rings is 1. The normalized spacial score (nSPS) is 10.5. The minimum Gasteiger partial charge on any atom is -0.310 e. The largest absolute Gasteiger partial charge is 0.310 e. The minimum absolute atomic E-state index is 0.720. The molecule has 0 aliphatic rings. The van der Waals surface area contributed by atoms with Crippen molar-refractivity contribution >= 4 is 0 Å². The summed E-state index contributed by atoms with van der Waals surface area (Å²) < 4.78 is 0. The van der Waals surface area contributed by atoms with Gasteiger partial charge in [-0.3, -0.25) is 0 Å². The Hall–Kier alpha value is -1.74. The maximum atomic E-state index is 4.57. The van der Waals surface area contributed by atoms with Crippen molar-refractivity contribution in [3.63, 3.8) is 0 Å². The monoisotopic (exact) mass is 227 g/mol. The van der Waals surface area contributed by atoms with Gasteiger partial charge in [-0.25, -0.2) is 9.97 Å². The van der Waals surface area contributed by atoms with Crippen LogP contribution in [0.2, 0.25) is 0 Å². The van der Waals surface area contributed by atoms with Crippen molar-refractivity contribution in [3.05, 3.63) is 47.9 Å². The Balaban J connectivity index is 2.32. The summed E-state index contributed by atoms with van der Waals surface area (Å²) in [4.78, 5) is 8.99. The molecule has 0 radical (unpaired) electrons. The third-order valence-electron chi connectivity index (χ3n) is 2.50. The molecule has 0 bridgehead atoms. The quantitative estimate of drug-likeness (QED) is 0.872. The summed E-state index contributed by atoms with van der Waals surface area (Å²) in [5.41, 5.74) is 3.13. The van der Waals surface area contributed by atoms with E-state index in [2.05, 4.69) is 34.3 Å². The molecule has 17 heavy (non-hydrogen) atoms. The molecule has 88 valence electrons. The van der Waals surface area contributed by atoms with Gasteiger partial charge in [-0.2, -0.15) is 0 Å². The van der Waals surface area contributed by atoms with Crippen molar-refractivity contribution in [2.24, 2.45) is 0 Å². The SMILES string of the molecule is CCNCc1nc(C)cc(-c2ccccc2)n1. The number of aromatic nitrogens is 2. The molecule has 1 N–H and O–H groups in total. The summed E-state index contributed by atoms with van der Waals surface area (Å²) in [6.45, 7) is 5.73. The van der Waals surface area contributed by atoms with E-state index >= 15 is 0 Å². The van der Waals surface area contributed by atoms with Gasteiger partial charge in [0.2, 0.25) is 0 Å². The number of nitrogens with zero attached hydrogens (tertiary/aromatic N) is 2. The molecule has 3 heteroatoms. The summed E-state index contributed by atoms with van der Waals surface area (Å²) >= 11 is 0. The van der Waals surface area contributed by atoms with Gasteiger partial charge in [0.15, 0.2) is 0 Å². The van der Waals surface area contributed by atoms with Gasteiger partial charge in [-0.1, -0.05) is 37.3 Å². The van der Waals surface area contributed by atoms with Crippen LogP contribution in [0, 0.1) is 6.92 Å².